The lowest BCUT2D eigenvalue weighted by atomic mass is 9.89. The minimum absolute atomic E-state index is 0.562. The molecule has 1 aromatic heterocycles. The number of thiophene rings is 1. The van der Waals surface area contributed by atoms with Gasteiger partial charge in [0.2, 0.25) is 0 Å². The van der Waals surface area contributed by atoms with Gasteiger partial charge in [-0.2, -0.15) is 0 Å². The van der Waals surface area contributed by atoms with Crippen molar-refractivity contribution >= 4 is 93.2 Å². The van der Waals surface area contributed by atoms with E-state index in [0.29, 0.717) is 33.2 Å². The second kappa shape index (κ2) is 16.3. The highest BCUT2D eigenvalue weighted by Gasteiger charge is 2.43. The van der Waals surface area contributed by atoms with E-state index in [0.717, 1.165) is 0 Å². The average molecular weight is 809 g/mol. The van der Waals surface area contributed by atoms with E-state index in [4.69, 9.17) is 0 Å². The Balaban J connectivity index is 1.83. The van der Waals surface area contributed by atoms with Crippen LogP contribution in [0.1, 0.15) is 115 Å². The summed E-state index contributed by atoms with van der Waals surface area (Å²) in [5, 5.41) is 11.6. The summed E-state index contributed by atoms with van der Waals surface area (Å²) in [6.07, 6.45) is 0. The summed E-state index contributed by atoms with van der Waals surface area (Å²) >= 11 is 2.07. The molecule has 0 saturated heterocycles. The maximum absolute atomic E-state index is 4.18. The van der Waals surface area contributed by atoms with E-state index in [9.17, 15) is 0 Å². The minimum Gasteiger partial charge on any atom is -0.145 e. The van der Waals surface area contributed by atoms with Crippen LogP contribution >= 0.6 is 11.3 Å². The molecule has 0 fully saturated rings. The first-order valence-corrected chi connectivity index (χ1v) is 29.8. The lowest BCUT2D eigenvalue weighted by Gasteiger charge is -2.38. The molecule has 1 heterocycles. The molecule has 0 bridgehead atoms. The first kappa shape index (κ1) is 42.5. The Kier molecular flexibility index (Phi) is 12.3. The molecule has 0 aliphatic rings. The molecule has 0 aliphatic carbocycles. The number of hydrogen-bond acceptors (Lipinski definition) is 1. The van der Waals surface area contributed by atoms with Gasteiger partial charge in [-0.15, -0.1) is 22.4 Å². The van der Waals surface area contributed by atoms with Crippen LogP contribution in [0.2, 0.25) is 51.4 Å². The fraction of sp³-hybridized carbons (Fsp3) is 0.462. The van der Waals surface area contributed by atoms with Crippen molar-refractivity contribution in [3.8, 4) is 22.9 Å². The summed E-state index contributed by atoms with van der Waals surface area (Å²) in [4.78, 5) is 0. The maximum Gasteiger partial charge on any atom is 0.146 e. The molecule has 0 atom stereocenters. The Morgan fingerprint density at radius 3 is 1.16 bits per heavy atom. The average Bonchev–Trinajstić information content (AvgIpc) is 3.56. The second-order valence-electron chi connectivity index (χ2n) is 18.9. The van der Waals surface area contributed by atoms with Crippen LogP contribution in [0.3, 0.4) is 0 Å². The summed E-state index contributed by atoms with van der Waals surface area (Å²) in [7, 11) is -5.55. The van der Waals surface area contributed by atoms with Gasteiger partial charge in [-0.25, -0.2) is 0 Å². The highest BCUT2D eigenvalue weighted by atomic mass is 32.1. The highest BCUT2D eigenvalue weighted by Crippen LogP contribution is 2.44. The van der Waals surface area contributed by atoms with E-state index in [1.165, 1.54) is 82.4 Å². The minimum atomic E-state index is -2.02. The molecule has 4 heteroatoms. The Morgan fingerprint density at radius 2 is 0.804 bits per heavy atom. The maximum atomic E-state index is 4.18. The van der Waals surface area contributed by atoms with Gasteiger partial charge in [0.15, 0.2) is 0 Å². The first-order valence-electron chi connectivity index (χ1n) is 21.9. The third-order valence-corrected chi connectivity index (χ3v) is 35.0. The van der Waals surface area contributed by atoms with Crippen molar-refractivity contribution < 1.29 is 0 Å². The molecule has 0 amide bonds. The fourth-order valence-electron chi connectivity index (χ4n) is 11.2. The van der Waals surface area contributed by atoms with E-state index in [1.807, 2.05) is 0 Å². The third kappa shape index (κ3) is 6.96. The van der Waals surface area contributed by atoms with Crippen LogP contribution < -0.4 is 4.50 Å². The van der Waals surface area contributed by atoms with Crippen LogP contribution in [0.5, 0.6) is 0 Å². The van der Waals surface area contributed by atoms with Crippen molar-refractivity contribution in [3.63, 3.8) is 0 Å². The highest BCUT2D eigenvalue weighted by molar-refractivity contribution is 7.31. The molecule has 0 saturated carbocycles. The lowest BCUT2D eigenvalue weighted by molar-refractivity contribution is 0.838. The molecule has 0 radical (unpaired) electrons. The molecular weight excluding hydrogens is 741 g/mol. The van der Waals surface area contributed by atoms with Gasteiger partial charge in [0.1, 0.15) is 16.1 Å². The van der Waals surface area contributed by atoms with E-state index in [1.54, 1.807) is 4.50 Å². The predicted octanol–water partition coefficient (Wildman–Crippen LogP) is 16.4. The number of fused-ring (bicyclic) bond motifs is 5. The van der Waals surface area contributed by atoms with Gasteiger partial charge >= 0.3 is 0 Å². The zero-order valence-electron chi connectivity index (χ0n) is 37.3. The molecule has 0 N–H and O–H groups in total. The summed E-state index contributed by atoms with van der Waals surface area (Å²) in [5.41, 5.74) is 14.1. The summed E-state index contributed by atoms with van der Waals surface area (Å²) < 4.78 is 3.09. The predicted molar refractivity (Wildman–Crippen MR) is 265 cm³/mol. The normalized spacial score (nSPS) is 13.1. The summed E-state index contributed by atoms with van der Waals surface area (Å²) in [6, 6.07) is 30.2. The van der Waals surface area contributed by atoms with Gasteiger partial charge < -0.3 is 0 Å². The molecule has 6 rings (SSSR count). The summed E-state index contributed by atoms with van der Waals surface area (Å²) in [6.45, 7) is 36.4. The van der Waals surface area contributed by atoms with Gasteiger partial charge in [0, 0.05) is 15.8 Å². The quantitative estimate of drug-likeness (QED) is 0.0735. The van der Waals surface area contributed by atoms with E-state index >= 15 is 0 Å². The van der Waals surface area contributed by atoms with E-state index in [-0.39, 0.29) is 0 Å². The van der Waals surface area contributed by atoms with Gasteiger partial charge in [-0.05, 0) is 129 Å². The zero-order valence-corrected chi connectivity index (χ0v) is 41.2. The molecule has 0 spiro atoms. The fourth-order valence-corrected chi connectivity index (χ4v) is 28.0. The summed E-state index contributed by atoms with van der Waals surface area (Å²) in [5.74, 6) is 8.13. The van der Waals surface area contributed by atoms with Crippen molar-refractivity contribution in [2.45, 2.75) is 155 Å². The number of hydrogen-bond donors (Lipinski definition) is 0. The van der Waals surface area contributed by atoms with Gasteiger partial charge in [-0.1, -0.05) is 158 Å². The van der Waals surface area contributed by atoms with Gasteiger partial charge in [0.25, 0.3) is 0 Å². The van der Waals surface area contributed by atoms with Crippen molar-refractivity contribution in [1.29, 1.82) is 0 Å². The second-order valence-corrected chi connectivity index (χ2v) is 36.7. The van der Waals surface area contributed by atoms with Crippen molar-refractivity contribution in [2.75, 3.05) is 0 Å². The Labute approximate surface area is 347 Å². The number of benzene rings is 5. The van der Waals surface area contributed by atoms with Crippen LogP contribution in [-0.2, 0) is 0 Å². The van der Waals surface area contributed by atoms with Gasteiger partial charge in [-0.3, -0.25) is 0 Å². The van der Waals surface area contributed by atoms with Crippen LogP contribution in [0.4, 0.5) is 0 Å². The van der Waals surface area contributed by atoms with Crippen LogP contribution in [0.25, 0.3) is 53.2 Å². The molecule has 294 valence electrons. The number of rotatable bonds is 10. The Morgan fingerprint density at radius 1 is 0.446 bits per heavy atom. The third-order valence-electron chi connectivity index (χ3n) is 14.7. The van der Waals surface area contributed by atoms with Crippen LogP contribution in [-0.4, -0.2) is 24.2 Å². The molecule has 56 heavy (non-hydrogen) atoms. The standard InChI is InChI=1S/C52H68SSi3/c1-16-54(17-2,18-3)52-33-44-27-42-30-49-45(23-25-55(34(4)5,35(6)7)36(8)9)47-28-40-21-19-20-22-41(40)29-48(47)46(50(49)31-43(42)32-51(44)53-52)24-26-56(37(10)11,38(12)13)39(14)15/h19-22,27-39H,16-18H2,1-15H3. The first-order chi connectivity index (χ1) is 26.5. The van der Waals surface area contributed by atoms with Crippen molar-refractivity contribution in [2.24, 2.45) is 0 Å². The Hall–Kier alpha value is -3.13. The molecule has 5 aromatic carbocycles. The molecule has 0 aliphatic heterocycles. The zero-order chi connectivity index (χ0) is 40.9. The van der Waals surface area contributed by atoms with E-state index in [2.05, 4.69) is 205 Å². The van der Waals surface area contributed by atoms with Crippen molar-refractivity contribution in [3.05, 3.63) is 77.9 Å². The van der Waals surface area contributed by atoms with Crippen LogP contribution in [0, 0.1) is 22.9 Å². The van der Waals surface area contributed by atoms with Crippen LogP contribution in [0.15, 0.2) is 66.7 Å². The Bertz CT molecular complexity index is 2320. The molecule has 6 aromatic rings. The SMILES string of the molecule is CC[Si](CC)(CC)c1cc2cc3cc4c(C#C[Si](C(C)C)(C(C)C)C(C)C)c5cc6ccccc6cc5c(C#C[Si](C(C)C)(C(C)C)C(C)C)c4cc3cc2s1. The largest absolute Gasteiger partial charge is 0.146 e. The topological polar surface area (TPSA) is 0 Å². The molecule has 0 nitrogen and oxygen atoms in total. The molecular formula is C52H68SSi3. The van der Waals surface area contributed by atoms with Gasteiger partial charge in [0.05, 0.1) is 8.07 Å². The molecule has 0 unspecified atom stereocenters. The van der Waals surface area contributed by atoms with E-state index < -0.39 is 24.2 Å². The van der Waals surface area contributed by atoms with Crippen molar-refractivity contribution in [1.82, 2.24) is 0 Å². The monoisotopic (exact) mass is 808 g/mol. The smallest absolute Gasteiger partial charge is 0.145 e. The lowest BCUT2D eigenvalue weighted by Crippen LogP contribution is -2.43.